The van der Waals surface area contributed by atoms with Crippen molar-refractivity contribution >= 4 is 11.7 Å². The zero-order valence-corrected chi connectivity index (χ0v) is 10.3. The normalized spacial score (nSPS) is 14.2. The maximum Gasteiger partial charge on any atom is 0.185 e. The molecule has 5 nitrogen and oxygen atoms in total. The van der Waals surface area contributed by atoms with Crippen molar-refractivity contribution in [3.63, 3.8) is 0 Å². The van der Waals surface area contributed by atoms with Crippen LogP contribution >= 0.6 is 0 Å². The first-order valence-electron chi connectivity index (χ1n) is 5.86. The van der Waals surface area contributed by atoms with Crippen molar-refractivity contribution in [3.8, 4) is 0 Å². The minimum atomic E-state index is -0.379. The Bertz CT molecular complexity index is 230. The number of hydrogen-bond acceptors (Lipinski definition) is 3. The summed E-state index contributed by atoms with van der Waals surface area (Å²) in [5.41, 5.74) is 10.9. The van der Waals surface area contributed by atoms with E-state index in [0.29, 0.717) is 13.0 Å². The van der Waals surface area contributed by atoms with Crippen molar-refractivity contribution in [2.75, 3.05) is 6.54 Å². The summed E-state index contributed by atoms with van der Waals surface area (Å²) in [7, 11) is 0. The van der Waals surface area contributed by atoms with Gasteiger partial charge in [0.2, 0.25) is 0 Å². The second kappa shape index (κ2) is 8.10. The average Bonchev–Trinajstić information content (AvgIpc) is 2.23. The first-order valence-corrected chi connectivity index (χ1v) is 5.86. The van der Waals surface area contributed by atoms with Gasteiger partial charge in [-0.1, -0.05) is 20.3 Å². The molecule has 0 rings (SSSR count). The summed E-state index contributed by atoms with van der Waals surface area (Å²) < 4.78 is 0. The molecule has 0 radical (unpaired) electrons. The Kier molecular flexibility index (Phi) is 7.54. The van der Waals surface area contributed by atoms with E-state index in [0.717, 1.165) is 19.3 Å². The van der Waals surface area contributed by atoms with Gasteiger partial charge in [0, 0.05) is 12.5 Å². The molecule has 6 N–H and O–H groups in total. The summed E-state index contributed by atoms with van der Waals surface area (Å²) in [4.78, 5) is 11.7. The van der Waals surface area contributed by atoms with E-state index in [9.17, 15) is 4.79 Å². The predicted octanol–water partition coefficient (Wildman–Crippen LogP) is 0.582. The Morgan fingerprint density at radius 1 is 1.44 bits per heavy atom. The first kappa shape index (κ1) is 14.9. The van der Waals surface area contributed by atoms with Gasteiger partial charge in [-0.2, -0.15) is 0 Å². The zero-order chi connectivity index (χ0) is 12.6. The van der Waals surface area contributed by atoms with Crippen LogP contribution in [0.25, 0.3) is 0 Å². The van der Waals surface area contributed by atoms with Crippen molar-refractivity contribution in [1.29, 1.82) is 5.41 Å². The van der Waals surface area contributed by atoms with Gasteiger partial charge in [0.05, 0.1) is 6.04 Å². The van der Waals surface area contributed by atoms with E-state index in [1.54, 1.807) is 0 Å². The Morgan fingerprint density at radius 2 is 2.06 bits per heavy atom. The molecule has 94 valence electrons. The third-order valence-corrected chi connectivity index (χ3v) is 2.58. The van der Waals surface area contributed by atoms with Crippen LogP contribution in [0.1, 0.15) is 39.5 Å². The van der Waals surface area contributed by atoms with Crippen molar-refractivity contribution in [2.24, 2.45) is 17.4 Å². The van der Waals surface area contributed by atoms with E-state index in [2.05, 4.69) is 12.2 Å². The topological polar surface area (TPSA) is 105 Å². The zero-order valence-electron chi connectivity index (χ0n) is 10.3. The van der Waals surface area contributed by atoms with Gasteiger partial charge in [-0.15, -0.1) is 0 Å². The highest BCUT2D eigenvalue weighted by atomic mass is 16.1. The molecule has 5 heteroatoms. The number of Topliss-reactive ketones (excluding diaryl/α,β-unsaturated/α-hetero) is 1. The van der Waals surface area contributed by atoms with Crippen molar-refractivity contribution < 1.29 is 4.79 Å². The summed E-state index contributed by atoms with van der Waals surface area (Å²) in [5.74, 6) is 0.157. The largest absolute Gasteiger partial charge is 0.370 e. The van der Waals surface area contributed by atoms with Crippen molar-refractivity contribution in [2.45, 2.75) is 45.6 Å². The molecule has 0 aromatic carbocycles. The molecule has 0 aromatic rings. The molecule has 2 atom stereocenters. The van der Waals surface area contributed by atoms with Crippen LogP contribution in [-0.4, -0.2) is 24.3 Å². The lowest BCUT2D eigenvalue weighted by molar-refractivity contribution is -0.124. The van der Waals surface area contributed by atoms with Gasteiger partial charge < -0.3 is 16.8 Å². The standard InChI is InChI=1S/C11H24N4O/c1-3-5-8(2)10(16)9(12)6-4-7-15-11(13)14/h8-9H,3-7,12H2,1-2H3,(H4,13,14,15)/t8?,9-/m1/s1. The van der Waals surface area contributed by atoms with E-state index in [-0.39, 0.29) is 23.7 Å². The molecule has 0 saturated heterocycles. The number of nitrogens with one attached hydrogen (secondary N) is 2. The fourth-order valence-corrected chi connectivity index (χ4v) is 1.63. The Labute approximate surface area is 97.5 Å². The summed E-state index contributed by atoms with van der Waals surface area (Å²) >= 11 is 0. The van der Waals surface area contributed by atoms with Gasteiger partial charge in [0.15, 0.2) is 11.7 Å². The third-order valence-electron chi connectivity index (χ3n) is 2.58. The average molecular weight is 228 g/mol. The molecular weight excluding hydrogens is 204 g/mol. The van der Waals surface area contributed by atoms with Gasteiger partial charge in [-0.05, 0) is 19.3 Å². The smallest absolute Gasteiger partial charge is 0.185 e. The lowest BCUT2D eigenvalue weighted by Gasteiger charge is -2.15. The monoisotopic (exact) mass is 228 g/mol. The predicted molar refractivity (Wildman–Crippen MR) is 66.2 cm³/mol. The van der Waals surface area contributed by atoms with E-state index in [4.69, 9.17) is 16.9 Å². The number of guanidine groups is 1. The Hall–Kier alpha value is -1.10. The molecule has 0 aliphatic rings. The van der Waals surface area contributed by atoms with Crippen molar-refractivity contribution in [3.05, 3.63) is 0 Å². The second-order valence-electron chi connectivity index (χ2n) is 4.18. The fourth-order valence-electron chi connectivity index (χ4n) is 1.63. The Balaban J connectivity index is 3.74. The highest BCUT2D eigenvalue weighted by Crippen LogP contribution is 2.10. The Morgan fingerprint density at radius 3 is 2.56 bits per heavy atom. The van der Waals surface area contributed by atoms with Crippen molar-refractivity contribution in [1.82, 2.24) is 5.32 Å². The van der Waals surface area contributed by atoms with Crippen LogP contribution in [0, 0.1) is 11.3 Å². The molecule has 0 bridgehead atoms. The molecule has 0 spiro atoms. The molecule has 0 fully saturated rings. The molecule has 0 saturated carbocycles. The number of nitrogens with two attached hydrogens (primary N) is 2. The number of ketones is 1. The molecule has 0 aromatic heterocycles. The van der Waals surface area contributed by atoms with Gasteiger partial charge in [0.1, 0.15) is 0 Å². The van der Waals surface area contributed by atoms with Crippen LogP contribution in [0.15, 0.2) is 0 Å². The van der Waals surface area contributed by atoms with Gasteiger partial charge in [0.25, 0.3) is 0 Å². The number of carbonyl (C=O) groups excluding carboxylic acids is 1. The molecule has 0 aliphatic carbocycles. The minimum absolute atomic E-state index is 0.0424. The van der Waals surface area contributed by atoms with Crippen LogP contribution in [0.5, 0.6) is 0 Å². The number of rotatable bonds is 8. The van der Waals surface area contributed by atoms with Gasteiger partial charge in [-0.25, -0.2) is 0 Å². The van der Waals surface area contributed by atoms with E-state index >= 15 is 0 Å². The fraction of sp³-hybridized carbons (Fsp3) is 0.818. The first-order chi connectivity index (χ1) is 7.49. The van der Waals surface area contributed by atoms with E-state index < -0.39 is 0 Å². The van der Waals surface area contributed by atoms with Crippen LogP contribution < -0.4 is 16.8 Å². The van der Waals surface area contributed by atoms with Gasteiger partial charge >= 0.3 is 0 Å². The quantitative estimate of drug-likeness (QED) is 0.277. The second-order valence-corrected chi connectivity index (χ2v) is 4.18. The number of carbonyl (C=O) groups is 1. The van der Waals surface area contributed by atoms with E-state index in [1.807, 2.05) is 6.92 Å². The lowest BCUT2D eigenvalue weighted by atomic mass is 9.94. The highest BCUT2D eigenvalue weighted by Gasteiger charge is 2.18. The molecule has 16 heavy (non-hydrogen) atoms. The lowest BCUT2D eigenvalue weighted by Crippen LogP contribution is -2.36. The molecule has 0 aliphatic heterocycles. The molecular formula is C11H24N4O. The SMILES string of the molecule is CCCC(C)C(=O)[C@H](N)CCCNC(=N)N. The highest BCUT2D eigenvalue weighted by molar-refractivity contribution is 5.85. The summed E-state index contributed by atoms with van der Waals surface area (Å²) in [5, 5.41) is 9.64. The molecule has 1 unspecified atom stereocenters. The van der Waals surface area contributed by atoms with Crippen LogP contribution in [-0.2, 0) is 4.79 Å². The summed E-state index contributed by atoms with van der Waals surface area (Å²) in [6, 6.07) is -0.379. The van der Waals surface area contributed by atoms with Crippen LogP contribution in [0.2, 0.25) is 0 Å². The maximum absolute atomic E-state index is 11.7. The molecule has 0 amide bonds. The van der Waals surface area contributed by atoms with Crippen LogP contribution in [0.4, 0.5) is 0 Å². The van der Waals surface area contributed by atoms with E-state index in [1.165, 1.54) is 0 Å². The minimum Gasteiger partial charge on any atom is -0.370 e. The summed E-state index contributed by atoms with van der Waals surface area (Å²) in [6.07, 6.45) is 3.31. The van der Waals surface area contributed by atoms with Gasteiger partial charge in [-0.3, -0.25) is 10.2 Å². The van der Waals surface area contributed by atoms with Crippen LogP contribution in [0.3, 0.4) is 0 Å². The summed E-state index contributed by atoms with van der Waals surface area (Å²) in [6.45, 7) is 4.59. The third kappa shape index (κ3) is 6.40. The number of hydrogen-bond donors (Lipinski definition) is 4. The maximum atomic E-state index is 11.7. The molecule has 0 heterocycles.